The van der Waals surface area contributed by atoms with E-state index < -0.39 is 20.5 Å². The van der Waals surface area contributed by atoms with Crippen molar-refractivity contribution in [3.63, 3.8) is 0 Å². The molecule has 29 heavy (non-hydrogen) atoms. The molecule has 0 radical (unpaired) electrons. The van der Waals surface area contributed by atoms with E-state index in [1.54, 1.807) is 18.2 Å². The van der Waals surface area contributed by atoms with Gasteiger partial charge < -0.3 is 5.11 Å². The van der Waals surface area contributed by atoms with E-state index in [1.165, 1.54) is 19.9 Å². The number of anilines is 1. The first kappa shape index (κ1) is 21.0. The highest BCUT2D eigenvalue weighted by molar-refractivity contribution is 7.93. The first-order valence-corrected chi connectivity index (χ1v) is 11.0. The summed E-state index contributed by atoms with van der Waals surface area (Å²) >= 11 is 0. The van der Waals surface area contributed by atoms with Gasteiger partial charge in [-0.1, -0.05) is 12.1 Å². The van der Waals surface area contributed by atoms with Gasteiger partial charge in [0.25, 0.3) is 0 Å². The van der Waals surface area contributed by atoms with Gasteiger partial charge in [-0.2, -0.15) is 4.98 Å². The lowest BCUT2D eigenvalue weighted by Gasteiger charge is -2.27. The molecule has 9 nitrogen and oxygen atoms in total. The largest absolute Gasteiger partial charge is 0.507 e. The second-order valence-corrected chi connectivity index (χ2v) is 10.3. The average molecular weight is 420 g/mol. The van der Waals surface area contributed by atoms with E-state index in [9.17, 15) is 23.1 Å². The topological polar surface area (TPSA) is 142 Å². The molecule has 1 aliphatic rings. The highest BCUT2D eigenvalue weighted by atomic mass is 32.2. The Morgan fingerprint density at radius 2 is 1.93 bits per heavy atom. The van der Waals surface area contributed by atoms with Gasteiger partial charge >= 0.3 is 0 Å². The van der Waals surface area contributed by atoms with E-state index in [-0.39, 0.29) is 35.0 Å². The van der Waals surface area contributed by atoms with E-state index in [1.807, 2.05) is 0 Å². The zero-order valence-electron chi connectivity index (χ0n) is 16.3. The highest BCUT2D eigenvalue weighted by Gasteiger charge is 2.43. The van der Waals surface area contributed by atoms with Gasteiger partial charge in [0.2, 0.25) is 11.9 Å². The van der Waals surface area contributed by atoms with Crippen molar-refractivity contribution >= 4 is 27.5 Å². The molecule has 3 rings (SSSR count). The van der Waals surface area contributed by atoms with Gasteiger partial charge in [-0.05, 0) is 44.7 Å². The number of aromatic amines is 1. The Morgan fingerprint density at radius 1 is 1.28 bits per heavy atom. The van der Waals surface area contributed by atoms with E-state index in [4.69, 9.17) is 0 Å². The molecule has 1 saturated carbocycles. The van der Waals surface area contributed by atoms with E-state index in [0.717, 1.165) is 0 Å². The van der Waals surface area contributed by atoms with Gasteiger partial charge in [-0.25, -0.2) is 8.42 Å². The third kappa shape index (κ3) is 4.47. The molecule has 1 aliphatic carbocycles. The SMILES string of the molecule is CC(C)(C(=O)Nc1n[nH]c(-c2ccccc2O)n1)S(=O)(=O)CC1CCC(=O)CC1. The summed E-state index contributed by atoms with van der Waals surface area (Å²) in [6.45, 7) is 2.70. The van der Waals surface area contributed by atoms with Crippen LogP contribution in [0.15, 0.2) is 24.3 Å². The van der Waals surface area contributed by atoms with Gasteiger partial charge in [-0.15, -0.1) is 5.10 Å². The van der Waals surface area contributed by atoms with Crippen LogP contribution >= 0.6 is 0 Å². The number of hydrogen-bond acceptors (Lipinski definition) is 7. The molecule has 156 valence electrons. The maximum Gasteiger partial charge on any atom is 0.249 e. The fraction of sp³-hybridized carbons (Fsp3) is 0.474. The maximum atomic E-state index is 12.9. The molecule has 1 fully saturated rings. The summed E-state index contributed by atoms with van der Waals surface area (Å²) in [6.07, 6.45) is 1.83. The minimum atomic E-state index is -3.78. The highest BCUT2D eigenvalue weighted by Crippen LogP contribution is 2.29. The summed E-state index contributed by atoms with van der Waals surface area (Å²) in [7, 11) is -3.78. The Hall–Kier alpha value is -2.75. The number of carbonyl (C=O) groups excluding carboxylic acids is 2. The Kier molecular flexibility index (Phi) is 5.74. The third-order valence-corrected chi connectivity index (χ3v) is 7.96. The fourth-order valence-corrected chi connectivity index (χ4v) is 4.89. The number of hydrogen-bond donors (Lipinski definition) is 3. The lowest BCUT2D eigenvalue weighted by Crippen LogP contribution is -2.47. The number of rotatable bonds is 6. The molecule has 1 amide bonds. The normalized spacial score (nSPS) is 16.0. The van der Waals surface area contributed by atoms with E-state index in [0.29, 0.717) is 31.2 Å². The van der Waals surface area contributed by atoms with Crippen LogP contribution < -0.4 is 5.32 Å². The zero-order valence-corrected chi connectivity index (χ0v) is 17.1. The number of amides is 1. The standard InChI is InChI=1S/C19H24N4O5S/c1-19(2,29(27,28)11-12-7-9-13(24)10-8-12)17(26)21-18-20-16(22-23-18)14-5-3-4-6-15(14)25/h3-6,12,25H,7-11H2,1-2H3,(H2,20,21,22,23,26). The van der Waals surface area contributed by atoms with Gasteiger partial charge in [0, 0.05) is 12.8 Å². The molecule has 0 spiro atoms. The number of carbonyl (C=O) groups is 2. The van der Waals surface area contributed by atoms with Gasteiger partial charge in [0.05, 0.1) is 11.3 Å². The summed E-state index contributed by atoms with van der Waals surface area (Å²) in [5.74, 6) is -0.701. The number of aromatic hydroxyl groups is 1. The molecule has 3 N–H and O–H groups in total. The Morgan fingerprint density at radius 3 is 2.59 bits per heavy atom. The maximum absolute atomic E-state index is 12.9. The van der Waals surface area contributed by atoms with Gasteiger partial charge in [0.1, 0.15) is 16.3 Å². The third-order valence-electron chi connectivity index (χ3n) is 5.31. The number of phenolic OH excluding ortho intramolecular Hbond substituents is 1. The van der Waals surface area contributed by atoms with Gasteiger partial charge in [-0.3, -0.25) is 20.0 Å². The van der Waals surface area contributed by atoms with Crippen LogP contribution in [0, 0.1) is 5.92 Å². The predicted molar refractivity (Wildman–Crippen MR) is 107 cm³/mol. The smallest absolute Gasteiger partial charge is 0.249 e. The van der Waals surface area contributed by atoms with Gasteiger partial charge in [0.15, 0.2) is 15.7 Å². The number of nitrogens with zero attached hydrogens (tertiary/aromatic N) is 2. The second-order valence-electron chi connectivity index (χ2n) is 7.75. The minimum absolute atomic E-state index is 0.00426. The minimum Gasteiger partial charge on any atom is -0.507 e. The van der Waals surface area contributed by atoms with Crippen molar-refractivity contribution in [3.05, 3.63) is 24.3 Å². The van der Waals surface area contributed by atoms with Crippen LogP contribution in [-0.2, 0) is 19.4 Å². The molecule has 10 heteroatoms. The van der Waals surface area contributed by atoms with Crippen LogP contribution in [0.5, 0.6) is 5.75 Å². The van der Waals surface area contributed by atoms with Crippen molar-refractivity contribution in [1.29, 1.82) is 0 Å². The number of benzene rings is 1. The summed E-state index contributed by atoms with van der Waals surface area (Å²) in [4.78, 5) is 28.2. The number of phenols is 1. The zero-order chi connectivity index (χ0) is 21.2. The quantitative estimate of drug-likeness (QED) is 0.649. The monoisotopic (exact) mass is 420 g/mol. The van der Waals surface area contributed by atoms with Crippen molar-refractivity contribution in [2.45, 2.75) is 44.3 Å². The molecule has 1 aromatic heterocycles. The molecular formula is C19H24N4O5S. The number of ketones is 1. The molecule has 1 aromatic carbocycles. The molecule has 1 heterocycles. The van der Waals surface area contributed by atoms with Crippen molar-refractivity contribution < 1.29 is 23.1 Å². The molecule has 0 aliphatic heterocycles. The van der Waals surface area contributed by atoms with Crippen molar-refractivity contribution in [1.82, 2.24) is 15.2 Å². The van der Waals surface area contributed by atoms with Crippen molar-refractivity contribution in [3.8, 4) is 17.1 Å². The lowest BCUT2D eigenvalue weighted by atomic mass is 9.90. The average Bonchev–Trinajstić information content (AvgIpc) is 3.12. The Bertz CT molecular complexity index is 1020. The van der Waals surface area contributed by atoms with E-state index >= 15 is 0 Å². The molecular weight excluding hydrogens is 396 g/mol. The summed E-state index contributed by atoms with van der Waals surface area (Å²) in [6, 6.07) is 6.49. The molecule has 0 bridgehead atoms. The molecule has 0 saturated heterocycles. The summed E-state index contributed by atoms with van der Waals surface area (Å²) in [5.41, 5.74) is 0.402. The van der Waals surface area contributed by atoms with Crippen molar-refractivity contribution in [2.75, 3.05) is 11.1 Å². The Balaban J connectivity index is 1.70. The lowest BCUT2D eigenvalue weighted by molar-refractivity contribution is -0.121. The first-order valence-electron chi connectivity index (χ1n) is 9.36. The number of H-pyrrole nitrogens is 1. The van der Waals surface area contributed by atoms with Crippen LogP contribution in [0.1, 0.15) is 39.5 Å². The molecule has 0 unspecified atom stereocenters. The van der Waals surface area contributed by atoms with Crippen molar-refractivity contribution in [2.24, 2.45) is 5.92 Å². The molecule has 2 aromatic rings. The number of aromatic nitrogens is 3. The number of nitrogens with one attached hydrogen (secondary N) is 2. The van der Waals surface area contributed by atoms with Crippen LogP contribution in [0.25, 0.3) is 11.4 Å². The van der Waals surface area contributed by atoms with Crippen LogP contribution in [0.3, 0.4) is 0 Å². The number of para-hydroxylation sites is 1. The first-order chi connectivity index (χ1) is 13.6. The van der Waals surface area contributed by atoms with E-state index in [2.05, 4.69) is 20.5 Å². The summed E-state index contributed by atoms with van der Waals surface area (Å²) < 4.78 is 24.1. The van der Waals surface area contributed by atoms with Crippen LogP contribution in [-0.4, -0.2) is 50.9 Å². The molecule has 0 atom stereocenters. The van der Waals surface area contributed by atoms with Crippen LogP contribution in [0.2, 0.25) is 0 Å². The number of Topliss-reactive ketones (excluding diaryl/α,β-unsaturated/α-hetero) is 1. The second kappa shape index (κ2) is 7.94. The number of sulfone groups is 1. The fourth-order valence-electron chi connectivity index (χ4n) is 3.19. The predicted octanol–water partition coefficient (Wildman–Crippen LogP) is 2.07. The Labute approximate surface area is 168 Å². The van der Waals surface area contributed by atoms with Crippen LogP contribution in [0.4, 0.5) is 5.95 Å². The summed E-state index contributed by atoms with van der Waals surface area (Å²) in [5, 5.41) is 18.8.